The molecular formula is C10H15N5O. The van der Waals surface area contributed by atoms with E-state index in [0.717, 1.165) is 17.7 Å². The first-order valence-corrected chi connectivity index (χ1v) is 4.69. The standard InChI is InChI=1S/C10H15N5O/c1-16-9-4-2-8(3-5-9)6-13-10(12)15-14-7-11/h2-5,7H,6H2,1H3,(H2,11,14)(H3,12,13,15). The van der Waals surface area contributed by atoms with E-state index in [9.17, 15) is 0 Å². The summed E-state index contributed by atoms with van der Waals surface area (Å²) < 4.78 is 5.05. The smallest absolute Gasteiger partial charge is 0.214 e. The van der Waals surface area contributed by atoms with E-state index in [-0.39, 0.29) is 5.96 Å². The lowest BCUT2D eigenvalue weighted by Gasteiger charge is -2.05. The largest absolute Gasteiger partial charge is 0.497 e. The summed E-state index contributed by atoms with van der Waals surface area (Å²) in [5.74, 6) is 1.04. The number of guanidine groups is 1. The zero-order chi connectivity index (χ0) is 11.8. The minimum absolute atomic E-state index is 0.220. The van der Waals surface area contributed by atoms with Crippen molar-refractivity contribution in [2.45, 2.75) is 6.54 Å². The number of hydrogen-bond donors (Lipinski definition) is 3. The second-order valence-electron chi connectivity index (χ2n) is 2.95. The topological polar surface area (TPSA) is 98.0 Å². The van der Waals surface area contributed by atoms with Crippen molar-refractivity contribution >= 4 is 12.3 Å². The molecule has 86 valence electrons. The molecule has 0 aliphatic carbocycles. The highest BCUT2D eigenvalue weighted by Gasteiger charge is 1.95. The number of nitrogens with zero attached hydrogens (tertiary/aromatic N) is 2. The fourth-order valence-electron chi connectivity index (χ4n) is 1.07. The van der Waals surface area contributed by atoms with Crippen LogP contribution in [0.15, 0.2) is 34.5 Å². The number of nitrogens with one attached hydrogen (secondary N) is 1. The summed E-state index contributed by atoms with van der Waals surface area (Å²) in [7, 11) is 1.63. The van der Waals surface area contributed by atoms with Crippen molar-refractivity contribution in [1.29, 1.82) is 0 Å². The van der Waals surface area contributed by atoms with Gasteiger partial charge >= 0.3 is 0 Å². The third-order valence-electron chi connectivity index (χ3n) is 1.86. The third-order valence-corrected chi connectivity index (χ3v) is 1.86. The van der Waals surface area contributed by atoms with E-state index in [1.165, 1.54) is 0 Å². The molecule has 0 aromatic heterocycles. The minimum Gasteiger partial charge on any atom is -0.497 e. The molecule has 6 heteroatoms. The van der Waals surface area contributed by atoms with Crippen molar-refractivity contribution in [3.8, 4) is 5.75 Å². The van der Waals surface area contributed by atoms with Gasteiger partial charge in [0.05, 0.1) is 7.11 Å². The van der Waals surface area contributed by atoms with Crippen molar-refractivity contribution in [3.63, 3.8) is 0 Å². The van der Waals surface area contributed by atoms with Crippen molar-refractivity contribution in [1.82, 2.24) is 5.32 Å². The highest BCUT2D eigenvalue weighted by molar-refractivity contribution is 5.78. The van der Waals surface area contributed by atoms with Crippen LogP contribution >= 0.6 is 0 Å². The fourth-order valence-corrected chi connectivity index (χ4v) is 1.07. The second-order valence-corrected chi connectivity index (χ2v) is 2.95. The molecule has 16 heavy (non-hydrogen) atoms. The molecule has 0 radical (unpaired) electrons. The third kappa shape index (κ3) is 3.87. The molecule has 0 aliphatic heterocycles. The van der Waals surface area contributed by atoms with Gasteiger partial charge in [0, 0.05) is 6.54 Å². The van der Waals surface area contributed by atoms with Crippen molar-refractivity contribution in [2.24, 2.45) is 21.7 Å². The maximum Gasteiger partial charge on any atom is 0.214 e. The molecule has 0 fully saturated rings. The van der Waals surface area contributed by atoms with Crippen LogP contribution in [0.25, 0.3) is 0 Å². The van der Waals surface area contributed by atoms with Gasteiger partial charge in [-0.05, 0) is 17.7 Å². The zero-order valence-electron chi connectivity index (χ0n) is 9.05. The Morgan fingerprint density at radius 3 is 2.69 bits per heavy atom. The highest BCUT2D eigenvalue weighted by Crippen LogP contribution is 2.10. The van der Waals surface area contributed by atoms with Gasteiger partial charge in [-0.2, -0.15) is 0 Å². The SMILES string of the molecule is COc1ccc(CN/C(N)=N/N=C\N)cc1. The van der Waals surface area contributed by atoms with E-state index in [1.807, 2.05) is 24.3 Å². The molecule has 0 amide bonds. The molecule has 1 rings (SSSR count). The summed E-state index contributed by atoms with van der Waals surface area (Å²) in [6, 6.07) is 7.63. The van der Waals surface area contributed by atoms with Crippen LogP contribution in [0.4, 0.5) is 0 Å². The van der Waals surface area contributed by atoms with Crippen LogP contribution in [-0.4, -0.2) is 19.4 Å². The van der Waals surface area contributed by atoms with E-state index in [1.54, 1.807) is 7.11 Å². The molecule has 1 aromatic rings. The van der Waals surface area contributed by atoms with Gasteiger partial charge in [-0.15, -0.1) is 10.2 Å². The number of rotatable bonds is 4. The minimum atomic E-state index is 0.220. The summed E-state index contributed by atoms with van der Waals surface area (Å²) in [5.41, 5.74) is 11.6. The van der Waals surface area contributed by atoms with Crippen LogP contribution in [0.3, 0.4) is 0 Å². The Hall–Kier alpha value is -2.24. The van der Waals surface area contributed by atoms with Gasteiger partial charge in [-0.1, -0.05) is 12.1 Å². The molecule has 0 atom stereocenters. The number of benzene rings is 1. The zero-order valence-corrected chi connectivity index (χ0v) is 9.05. The molecule has 0 unspecified atom stereocenters. The molecule has 0 heterocycles. The van der Waals surface area contributed by atoms with Crippen LogP contribution in [0.5, 0.6) is 5.75 Å². The predicted molar refractivity (Wildman–Crippen MR) is 64.1 cm³/mol. The molecule has 0 saturated carbocycles. The molecule has 1 aromatic carbocycles. The molecule has 5 N–H and O–H groups in total. The first-order valence-electron chi connectivity index (χ1n) is 4.69. The molecule has 0 spiro atoms. The van der Waals surface area contributed by atoms with Crippen LogP contribution in [0, 0.1) is 0 Å². The van der Waals surface area contributed by atoms with Gasteiger partial charge in [0.15, 0.2) is 0 Å². The molecule has 0 aliphatic rings. The quantitative estimate of drug-likeness (QED) is 0.378. The van der Waals surface area contributed by atoms with E-state index < -0.39 is 0 Å². The molecule has 6 nitrogen and oxygen atoms in total. The summed E-state index contributed by atoms with van der Waals surface area (Å²) in [6.07, 6.45) is 1.07. The fraction of sp³-hybridized carbons (Fsp3) is 0.200. The van der Waals surface area contributed by atoms with Gasteiger partial charge < -0.3 is 21.5 Å². The summed E-state index contributed by atoms with van der Waals surface area (Å²) in [5, 5.41) is 9.93. The summed E-state index contributed by atoms with van der Waals surface area (Å²) in [4.78, 5) is 0. The number of hydrogen-bond acceptors (Lipinski definition) is 3. The lowest BCUT2D eigenvalue weighted by Crippen LogP contribution is -2.30. The van der Waals surface area contributed by atoms with Crippen molar-refractivity contribution in [2.75, 3.05) is 7.11 Å². The number of methoxy groups -OCH3 is 1. The van der Waals surface area contributed by atoms with Gasteiger partial charge in [0.1, 0.15) is 12.1 Å². The maximum absolute atomic E-state index is 5.51. The molecule has 0 bridgehead atoms. The molecule has 0 saturated heterocycles. The van der Waals surface area contributed by atoms with Crippen LogP contribution < -0.4 is 21.5 Å². The summed E-state index contributed by atoms with van der Waals surface area (Å²) >= 11 is 0. The average molecular weight is 221 g/mol. The van der Waals surface area contributed by atoms with Crippen LogP contribution in [0.1, 0.15) is 5.56 Å². The van der Waals surface area contributed by atoms with Gasteiger partial charge in [0.2, 0.25) is 5.96 Å². The van der Waals surface area contributed by atoms with E-state index in [0.29, 0.717) is 6.54 Å². The maximum atomic E-state index is 5.51. The normalized spacial score (nSPS) is 11.7. The summed E-state index contributed by atoms with van der Waals surface area (Å²) in [6.45, 7) is 0.569. The van der Waals surface area contributed by atoms with Crippen molar-refractivity contribution in [3.05, 3.63) is 29.8 Å². The first-order chi connectivity index (χ1) is 7.76. The molecular weight excluding hydrogens is 206 g/mol. The predicted octanol–water partition coefficient (Wildman–Crippen LogP) is 0.00150. The lowest BCUT2D eigenvalue weighted by atomic mass is 10.2. The van der Waals surface area contributed by atoms with Crippen LogP contribution in [-0.2, 0) is 6.54 Å². The Bertz CT molecular complexity index is 371. The second kappa shape index (κ2) is 6.28. The Kier molecular flexibility index (Phi) is 4.65. The Morgan fingerprint density at radius 1 is 1.44 bits per heavy atom. The highest BCUT2D eigenvalue weighted by atomic mass is 16.5. The van der Waals surface area contributed by atoms with Gasteiger partial charge in [0.25, 0.3) is 0 Å². The van der Waals surface area contributed by atoms with Gasteiger partial charge in [-0.3, -0.25) is 0 Å². The lowest BCUT2D eigenvalue weighted by molar-refractivity contribution is 0.414. The van der Waals surface area contributed by atoms with E-state index in [4.69, 9.17) is 16.2 Å². The Balaban J connectivity index is 2.48. The van der Waals surface area contributed by atoms with E-state index >= 15 is 0 Å². The Labute approximate surface area is 94.0 Å². The van der Waals surface area contributed by atoms with Gasteiger partial charge in [-0.25, -0.2) is 0 Å². The number of nitrogens with two attached hydrogens (primary N) is 2. The Morgan fingerprint density at radius 2 is 2.12 bits per heavy atom. The van der Waals surface area contributed by atoms with Crippen LogP contribution in [0.2, 0.25) is 0 Å². The van der Waals surface area contributed by atoms with E-state index in [2.05, 4.69) is 15.5 Å². The monoisotopic (exact) mass is 221 g/mol. The average Bonchev–Trinajstić information content (AvgIpc) is 2.34. The van der Waals surface area contributed by atoms with Crippen molar-refractivity contribution < 1.29 is 4.74 Å². The first kappa shape index (κ1) is 11.8. The number of ether oxygens (including phenoxy) is 1.